The Labute approximate surface area is 138 Å². The summed E-state index contributed by atoms with van der Waals surface area (Å²) in [5.41, 5.74) is 3.79. The minimum absolute atomic E-state index is 1.11. The topological polar surface area (TPSA) is 12.7 Å². The molecule has 0 fully saturated rings. The van der Waals surface area contributed by atoms with Gasteiger partial charge in [0.25, 0.3) is 5.82 Å². The monoisotopic (exact) mass is 309 g/mol. The predicted molar refractivity (Wildman–Crippen MR) is 93.9 cm³/mol. The molecule has 3 aromatic rings. The van der Waals surface area contributed by atoms with Crippen LogP contribution in [0.2, 0.25) is 0 Å². The molecule has 0 unspecified atom stereocenters. The second-order valence-corrected chi connectivity index (χ2v) is 6.32. The van der Waals surface area contributed by atoms with Gasteiger partial charge in [0.2, 0.25) is 0 Å². The number of aryl methyl sites for hydroxylation is 3. The van der Waals surface area contributed by atoms with E-state index < -0.39 is 0 Å². The van der Waals surface area contributed by atoms with Gasteiger partial charge in [0, 0.05) is 18.6 Å². The van der Waals surface area contributed by atoms with Gasteiger partial charge in [-0.05, 0) is 18.6 Å². The van der Waals surface area contributed by atoms with Crippen LogP contribution in [0.1, 0.15) is 32.6 Å². The van der Waals surface area contributed by atoms with Gasteiger partial charge in [-0.3, -0.25) is 0 Å². The summed E-state index contributed by atoms with van der Waals surface area (Å²) >= 11 is 0. The van der Waals surface area contributed by atoms with E-state index in [0.29, 0.717) is 0 Å². The molecule has 2 heterocycles. The molecular formula is C20H27N3+2. The lowest BCUT2D eigenvalue weighted by atomic mass is 10.2. The number of nitrogens with zero attached hydrogens (tertiary/aromatic N) is 3. The number of pyridine rings is 1. The van der Waals surface area contributed by atoms with Crippen LogP contribution < -0.4 is 9.13 Å². The minimum Gasteiger partial charge on any atom is -0.226 e. The lowest BCUT2D eigenvalue weighted by molar-refractivity contribution is -0.697. The summed E-state index contributed by atoms with van der Waals surface area (Å²) in [5.74, 6) is 1.24. The molecule has 120 valence electrons. The molecule has 0 N–H and O–H groups in total. The third-order valence-electron chi connectivity index (χ3n) is 4.66. The van der Waals surface area contributed by atoms with Crippen molar-refractivity contribution in [2.45, 2.75) is 39.2 Å². The second-order valence-electron chi connectivity index (χ2n) is 6.32. The van der Waals surface area contributed by atoms with Crippen molar-refractivity contribution in [1.82, 2.24) is 4.57 Å². The van der Waals surface area contributed by atoms with Crippen LogP contribution >= 0.6 is 0 Å². The summed E-state index contributed by atoms with van der Waals surface area (Å²) in [6.45, 7) is 3.37. The normalized spacial score (nSPS) is 11.3. The van der Waals surface area contributed by atoms with Gasteiger partial charge in [0.1, 0.15) is 6.54 Å². The molecule has 0 aliphatic carbocycles. The van der Waals surface area contributed by atoms with Gasteiger partial charge in [0.05, 0.1) is 19.7 Å². The number of fused-ring (bicyclic) bond motifs is 1. The molecule has 0 atom stereocenters. The number of rotatable bonds is 6. The van der Waals surface area contributed by atoms with Gasteiger partial charge in [-0.15, -0.1) is 0 Å². The Morgan fingerprint density at radius 2 is 1.70 bits per heavy atom. The third kappa shape index (κ3) is 3.14. The van der Waals surface area contributed by atoms with E-state index >= 15 is 0 Å². The molecule has 0 radical (unpaired) electrons. The summed E-state index contributed by atoms with van der Waals surface area (Å²) in [5, 5.41) is 0. The zero-order valence-electron chi connectivity index (χ0n) is 14.5. The predicted octanol–water partition coefficient (Wildman–Crippen LogP) is 3.54. The largest absolute Gasteiger partial charge is 0.289 e. The first-order valence-electron chi connectivity index (χ1n) is 8.65. The van der Waals surface area contributed by atoms with E-state index in [1.165, 1.54) is 48.1 Å². The van der Waals surface area contributed by atoms with E-state index in [1.807, 2.05) is 0 Å². The summed E-state index contributed by atoms with van der Waals surface area (Å²) < 4.78 is 6.84. The van der Waals surface area contributed by atoms with E-state index in [1.54, 1.807) is 0 Å². The van der Waals surface area contributed by atoms with Crippen LogP contribution in [0, 0.1) is 0 Å². The number of aromatic nitrogens is 3. The second kappa shape index (κ2) is 6.95. The summed E-state index contributed by atoms with van der Waals surface area (Å²) in [6, 6.07) is 13.0. The van der Waals surface area contributed by atoms with Crippen LogP contribution in [0.3, 0.4) is 0 Å². The Bertz CT molecular complexity index is 746. The van der Waals surface area contributed by atoms with Crippen molar-refractivity contribution in [2.75, 3.05) is 0 Å². The number of imidazole rings is 1. The van der Waals surface area contributed by atoms with E-state index in [2.05, 4.69) is 83.5 Å². The Hall–Kier alpha value is -2.16. The van der Waals surface area contributed by atoms with E-state index in [0.717, 1.165) is 6.54 Å². The van der Waals surface area contributed by atoms with Gasteiger partial charge in [0.15, 0.2) is 23.4 Å². The van der Waals surface area contributed by atoms with Crippen molar-refractivity contribution in [2.24, 2.45) is 14.1 Å². The van der Waals surface area contributed by atoms with Gasteiger partial charge in [-0.1, -0.05) is 31.9 Å². The van der Waals surface area contributed by atoms with Crippen LogP contribution in [0.15, 0.2) is 48.8 Å². The van der Waals surface area contributed by atoms with E-state index in [9.17, 15) is 0 Å². The van der Waals surface area contributed by atoms with Gasteiger partial charge in [-0.2, -0.15) is 0 Å². The highest BCUT2D eigenvalue weighted by atomic mass is 15.1. The first-order valence-corrected chi connectivity index (χ1v) is 8.65. The molecule has 2 aromatic heterocycles. The molecular weight excluding hydrogens is 282 g/mol. The fourth-order valence-corrected chi connectivity index (χ4v) is 3.35. The summed E-state index contributed by atoms with van der Waals surface area (Å²) in [7, 11) is 4.28. The van der Waals surface area contributed by atoms with Crippen molar-refractivity contribution in [3.8, 4) is 11.4 Å². The first-order chi connectivity index (χ1) is 11.2. The lowest BCUT2D eigenvalue weighted by Crippen LogP contribution is -2.33. The van der Waals surface area contributed by atoms with E-state index in [-0.39, 0.29) is 0 Å². The van der Waals surface area contributed by atoms with Gasteiger partial charge in [-0.25, -0.2) is 13.7 Å². The van der Waals surface area contributed by atoms with Crippen molar-refractivity contribution >= 4 is 11.0 Å². The number of hydrogen-bond acceptors (Lipinski definition) is 0. The maximum Gasteiger partial charge on any atom is 0.289 e. The summed E-state index contributed by atoms with van der Waals surface area (Å²) in [4.78, 5) is 0. The first kappa shape index (κ1) is 15.7. The molecule has 3 heteroatoms. The molecule has 0 spiro atoms. The van der Waals surface area contributed by atoms with Gasteiger partial charge < -0.3 is 0 Å². The fraction of sp³-hybridized carbons (Fsp3) is 0.400. The highest BCUT2D eigenvalue weighted by Crippen LogP contribution is 2.20. The Morgan fingerprint density at radius 1 is 0.957 bits per heavy atom. The average Bonchev–Trinajstić information content (AvgIpc) is 2.84. The Morgan fingerprint density at radius 3 is 2.39 bits per heavy atom. The highest BCUT2D eigenvalue weighted by molar-refractivity contribution is 5.75. The number of hydrogen-bond donors (Lipinski definition) is 0. The van der Waals surface area contributed by atoms with Crippen LogP contribution in [0.5, 0.6) is 0 Å². The molecule has 0 saturated heterocycles. The molecule has 0 aliphatic rings. The fourth-order valence-electron chi connectivity index (χ4n) is 3.35. The number of para-hydroxylation sites is 2. The molecule has 0 aliphatic heterocycles. The van der Waals surface area contributed by atoms with Gasteiger partial charge >= 0.3 is 0 Å². The molecule has 0 bridgehead atoms. The zero-order chi connectivity index (χ0) is 16.2. The lowest BCUT2D eigenvalue weighted by Gasteiger charge is -2.00. The Balaban J connectivity index is 1.85. The average molecular weight is 309 g/mol. The Kier molecular flexibility index (Phi) is 4.75. The van der Waals surface area contributed by atoms with Crippen molar-refractivity contribution in [3.63, 3.8) is 0 Å². The minimum atomic E-state index is 1.11. The summed E-state index contributed by atoms with van der Waals surface area (Å²) in [6.07, 6.45) is 9.63. The van der Waals surface area contributed by atoms with Crippen LogP contribution in [-0.4, -0.2) is 4.57 Å². The molecule has 0 saturated carbocycles. The van der Waals surface area contributed by atoms with Crippen molar-refractivity contribution in [3.05, 3.63) is 48.8 Å². The SMILES string of the molecule is CCCCCC[n+]1ccc(-c2n(C)c3ccccc3[n+]2C)cc1. The maximum absolute atomic E-state index is 2.29. The number of benzene rings is 1. The van der Waals surface area contributed by atoms with Crippen molar-refractivity contribution < 1.29 is 9.13 Å². The number of unbranched alkanes of at least 4 members (excludes halogenated alkanes) is 3. The molecule has 23 heavy (non-hydrogen) atoms. The quantitative estimate of drug-likeness (QED) is 0.488. The molecule has 3 nitrogen and oxygen atoms in total. The van der Waals surface area contributed by atoms with Crippen LogP contribution in [0.4, 0.5) is 0 Å². The van der Waals surface area contributed by atoms with Crippen molar-refractivity contribution in [1.29, 1.82) is 0 Å². The molecule has 0 amide bonds. The smallest absolute Gasteiger partial charge is 0.226 e. The molecule has 1 aromatic carbocycles. The zero-order valence-corrected chi connectivity index (χ0v) is 14.5. The molecule has 3 rings (SSSR count). The highest BCUT2D eigenvalue weighted by Gasteiger charge is 2.21. The van der Waals surface area contributed by atoms with Crippen LogP contribution in [-0.2, 0) is 20.6 Å². The maximum atomic E-state index is 2.29. The van der Waals surface area contributed by atoms with Crippen LogP contribution in [0.25, 0.3) is 22.4 Å². The third-order valence-corrected chi connectivity index (χ3v) is 4.66. The standard InChI is InChI=1S/C20H27N3/c1-4-5-6-9-14-23-15-12-17(13-16-23)20-21(2)18-10-7-8-11-19(18)22(20)3/h7-8,10-13,15-16H,4-6,9,14H2,1-3H3/q+2. The van der Waals surface area contributed by atoms with E-state index in [4.69, 9.17) is 0 Å².